The summed E-state index contributed by atoms with van der Waals surface area (Å²) in [7, 11) is 0. The Labute approximate surface area is 102 Å². The molecular formula is C14H19NO2. The third-order valence-electron chi connectivity index (χ3n) is 3.61. The molecule has 0 aromatic heterocycles. The van der Waals surface area contributed by atoms with Crippen LogP contribution in [0.5, 0.6) is 5.75 Å². The van der Waals surface area contributed by atoms with Gasteiger partial charge in [0.15, 0.2) is 6.79 Å². The number of nitrogens with one attached hydrogen (secondary N) is 1. The van der Waals surface area contributed by atoms with E-state index in [1.807, 2.05) is 0 Å². The van der Waals surface area contributed by atoms with Crippen LogP contribution in [0.1, 0.15) is 24.0 Å². The van der Waals surface area contributed by atoms with Gasteiger partial charge in [-0.25, -0.2) is 0 Å². The summed E-state index contributed by atoms with van der Waals surface area (Å²) in [4.78, 5) is 0. The fourth-order valence-corrected chi connectivity index (χ4v) is 2.67. The molecule has 1 N–H and O–H groups in total. The SMILES string of the molecule is c1cc2c(cc1CC1CCCNC1)OCOC2. The highest BCUT2D eigenvalue weighted by Crippen LogP contribution is 2.26. The van der Waals surface area contributed by atoms with Gasteiger partial charge in [-0.15, -0.1) is 0 Å². The van der Waals surface area contributed by atoms with Crippen LogP contribution in [0.25, 0.3) is 0 Å². The molecule has 0 saturated carbocycles. The van der Waals surface area contributed by atoms with Crippen molar-refractivity contribution < 1.29 is 9.47 Å². The summed E-state index contributed by atoms with van der Waals surface area (Å²) >= 11 is 0. The number of piperidine rings is 1. The van der Waals surface area contributed by atoms with Gasteiger partial charge < -0.3 is 14.8 Å². The van der Waals surface area contributed by atoms with E-state index in [0.717, 1.165) is 24.6 Å². The predicted octanol–water partition coefficient (Wildman–Crippen LogP) is 2.10. The number of benzene rings is 1. The van der Waals surface area contributed by atoms with Gasteiger partial charge in [0.05, 0.1) is 6.61 Å². The number of hydrogen-bond donors (Lipinski definition) is 1. The van der Waals surface area contributed by atoms with Crippen LogP contribution in [-0.4, -0.2) is 19.9 Å². The molecule has 2 heterocycles. The van der Waals surface area contributed by atoms with Crippen molar-refractivity contribution >= 4 is 0 Å². The van der Waals surface area contributed by atoms with Gasteiger partial charge in [0, 0.05) is 5.56 Å². The molecule has 1 aromatic rings. The second kappa shape index (κ2) is 5.07. The first-order valence-electron chi connectivity index (χ1n) is 6.45. The number of hydrogen-bond acceptors (Lipinski definition) is 3. The first-order valence-corrected chi connectivity index (χ1v) is 6.45. The van der Waals surface area contributed by atoms with E-state index in [-0.39, 0.29) is 0 Å². The van der Waals surface area contributed by atoms with Gasteiger partial charge in [-0.1, -0.05) is 12.1 Å². The summed E-state index contributed by atoms with van der Waals surface area (Å²) in [5.41, 5.74) is 2.56. The summed E-state index contributed by atoms with van der Waals surface area (Å²) in [5.74, 6) is 1.79. The highest BCUT2D eigenvalue weighted by molar-refractivity contribution is 5.38. The third-order valence-corrected chi connectivity index (χ3v) is 3.61. The topological polar surface area (TPSA) is 30.5 Å². The van der Waals surface area contributed by atoms with Crippen molar-refractivity contribution in [2.75, 3.05) is 19.9 Å². The Bertz CT molecular complexity index is 386. The molecule has 3 rings (SSSR count). The standard InChI is InChI=1S/C14H19NO2/c1-2-12(8-15-5-1)6-11-3-4-13-9-16-10-17-14(13)7-11/h3-4,7,12,15H,1-2,5-6,8-10H2. The number of fused-ring (bicyclic) bond motifs is 1. The second-order valence-corrected chi connectivity index (χ2v) is 4.97. The maximum Gasteiger partial charge on any atom is 0.189 e. The maximum atomic E-state index is 5.52. The van der Waals surface area contributed by atoms with Crippen molar-refractivity contribution in [2.24, 2.45) is 5.92 Å². The normalized spacial score (nSPS) is 23.9. The lowest BCUT2D eigenvalue weighted by Crippen LogP contribution is -2.30. The minimum atomic E-state index is 0.390. The van der Waals surface area contributed by atoms with Gasteiger partial charge in [0.1, 0.15) is 5.75 Å². The van der Waals surface area contributed by atoms with Crippen LogP contribution in [0.2, 0.25) is 0 Å². The summed E-state index contributed by atoms with van der Waals surface area (Å²) in [6, 6.07) is 6.54. The molecule has 1 atom stereocenters. The number of ether oxygens (including phenoxy) is 2. The molecule has 0 bridgehead atoms. The van der Waals surface area contributed by atoms with Gasteiger partial charge in [0.25, 0.3) is 0 Å². The lowest BCUT2D eigenvalue weighted by atomic mass is 9.92. The Kier molecular flexibility index (Phi) is 3.29. The molecule has 17 heavy (non-hydrogen) atoms. The fourth-order valence-electron chi connectivity index (χ4n) is 2.67. The van der Waals surface area contributed by atoms with Crippen molar-refractivity contribution in [3.05, 3.63) is 29.3 Å². The molecule has 3 heteroatoms. The Hall–Kier alpha value is -1.06. The van der Waals surface area contributed by atoms with E-state index < -0.39 is 0 Å². The largest absolute Gasteiger partial charge is 0.467 e. The highest BCUT2D eigenvalue weighted by atomic mass is 16.7. The molecule has 2 aliphatic heterocycles. The molecule has 2 aliphatic rings. The molecule has 0 amide bonds. The summed E-state index contributed by atoms with van der Waals surface area (Å²) < 4.78 is 10.8. The zero-order valence-electron chi connectivity index (χ0n) is 10.1. The van der Waals surface area contributed by atoms with Gasteiger partial charge in [-0.3, -0.25) is 0 Å². The van der Waals surface area contributed by atoms with Crippen LogP contribution in [0.3, 0.4) is 0 Å². The maximum absolute atomic E-state index is 5.52. The van der Waals surface area contributed by atoms with E-state index in [4.69, 9.17) is 9.47 Å². The zero-order valence-corrected chi connectivity index (χ0v) is 10.1. The lowest BCUT2D eigenvalue weighted by molar-refractivity contribution is -0.0164. The quantitative estimate of drug-likeness (QED) is 0.848. The zero-order chi connectivity index (χ0) is 11.5. The van der Waals surface area contributed by atoms with Crippen molar-refractivity contribution in [2.45, 2.75) is 25.9 Å². The minimum Gasteiger partial charge on any atom is -0.467 e. The average Bonchev–Trinajstić information content (AvgIpc) is 2.40. The first-order chi connectivity index (χ1) is 8.42. The molecule has 1 unspecified atom stereocenters. The van der Waals surface area contributed by atoms with Crippen LogP contribution in [-0.2, 0) is 17.8 Å². The minimum absolute atomic E-state index is 0.390. The Balaban J connectivity index is 1.70. The molecular weight excluding hydrogens is 214 g/mol. The molecule has 1 saturated heterocycles. The van der Waals surface area contributed by atoms with E-state index in [1.54, 1.807) is 0 Å². The second-order valence-electron chi connectivity index (χ2n) is 4.97. The lowest BCUT2D eigenvalue weighted by Gasteiger charge is -2.24. The molecule has 1 fully saturated rings. The Morgan fingerprint density at radius 1 is 1.35 bits per heavy atom. The van der Waals surface area contributed by atoms with Crippen LogP contribution in [0, 0.1) is 5.92 Å². The summed E-state index contributed by atoms with van der Waals surface area (Å²) in [6.07, 6.45) is 3.80. The smallest absolute Gasteiger partial charge is 0.189 e. The van der Waals surface area contributed by atoms with Gasteiger partial charge >= 0.3 is 0 Å². The van der Waals surface area contributed by atoms with Crippen molar-refractivity contribution in [3.8, 4) is 5.75 Å². The third kappa shape index (κ3) is 2.61. The van der Waals surface area contributed by atoms with Gasteiger partial charge in [-0.2, -0.15) is 0 Å². The van der Waals surface area contributed by atoms with Crippen LogP contribution < -0.4 is 10.1 Å². The summed E-state index contributed by atoms with van der Waals surface area (Å²) in [6.45, 7) is 3.41. The molecule has 0 radical (unpaired) electrons. The number of rotatable bonds is 2. The Morgan fingerprint density at radius 3 is 3.24 bits per heavy atom. The van der Waals surface area contributed by atoms with Gasteiger partial charge in [-0.05, 0) is 49.9 Å². The monoisotopic (exact) mass is 233 g/mol. The predicted molar refractivity (Wildman–Crippen MR) is 66.0 cm³/mol. The Morgan fingerprint density at radius 2 is 2.35 bits per heavy atom. The van der Waals surface area contributed by atoms with E-state index in [2.05, 4.69) is 23.5 Å². The van der Waals surface area contributed by atoms with E-state index in [9.17, 15) is 0 Å². The van der Waals surface area contributed by atoms with E-state index >= 15 is 0 Å². The summed E-state index contributed by atoms with van der Waals surface area (Å²) in [5, 5.41) is 3.47. The van der Waals surface area contributed by atoms with Crippen LogP contribution >= 0.6 is 0 Å². The fraction of sp³-hybridized carbons (Fsp3) is 0.571. The van der Waals surface area contributed by atoms with Gasteiger partial charge in [0.2, 0.25) is 0 Å². The first kappa shape index (κ1) is 11.1. The molecule has 0 spiro atoms. The van der Waals surface area contributed by atoms with E-state index in [0.29, 0.717) is 13.4 Å². The average molecular weight is 233 g/mol. The van der Waals surface area contributed by atoms with Crippen LogP contribution in [0.15, 0.2) is 18.2 Å². The molecule has 0 aliphatic carbocycles. The van der Waals surface area contributed by atoms with E-state index in [1.165, 1.54) is 30.5 Å². The molecule has 3 nitrogen and oxygen atoms in total. The van der Waals surface area contributed by atoms with Crippen molar-refractivity contribution in [1.82, 2.24) is 5.32 Å². The molecule has 92 valence electrons. The molecule has 1 aromatic carbocycles. The van der Waals surface area contributed by atoms with Crippen molar-refractivity contribution in [1.29, 1.82) is 0 Å². The van der Waals surface area contributed by atoms with Crippen LogP contribution in [0.4, 0.5) is 0 Å². The van der Waals surface area contributed by atoms with Crippen molar-refractivity contribution in [3.63, 3.8) is 0 Å². The highest BCUT2D eigenvalue weighted by Gasteiger charge is 2.15.